The first-order valence-corrected chi connectivity index (χ1v) is 13.0. The lowest BCUT2D eigenvalue weighted by atomic mass is 9.92. The number of aromatic nitrogens is 1. The van der Waals surface area contributed by atoms with E-state index in [1.165, 1.54) is 40.6 Å². The molecule has 1 aromatic heterocycles. The largest absolute Gasteiger partial charge is 0.471 e. The minimum absolute atomic E-state index is 0.346. The summed E-state index contributed by atoms with van der Waals surface area (Å²) in [5, 5.41) is 4.67. The SMILES string of the molecule is CCOC(=S)Nc1cccc(C(ON)c2ccc3c(c2)cc2c([n+]3Cc3ccccc3)CCCC2)c1. The van der Waals surface area contributed by atoms with Crippen LogP contribution in [0, 0.1) is 0 Å². The molecule has 5 nitrogen and oxygen atoms in total. The van der Waals surface area contributed by atoms with Gasteiger partial charge in [0.2, 0.25) is 5.52 Å². The fraction of sp³-hybridized carbons (Fsp3) is 0.267. The molecule has 5 rings (SSSR count). The van der Waals surface area contributed by atoms with Crippen LogP contribution in [0.2, 0.25) is 0 Å². The van der Waals surface area contributed by atoms with E-state index in [1.54, 1.807) is 0 Å². The monoisotopic (exact) mass is 498 g/mol. The molecule has 0 amide bonds. The number of aryl methyl sites for hydroxylation is 1. The Morgan fingerprint density at radius 2 is 1.78 bits per heavy atom. The van der Waals surface area contributed by atoms with Crippen LogP contribution in [-0.2, 0) is 29.0 Å². The number of nitrogens with zero attached hydrogens (tertiary/aromatic N) is 1. The maximum atomic E-state index is 5.85. The summed E-state index contributed by atoms with van der Waals surface area (Å²) in [7, 11) is 0. The van der Waals surface area contributed by atoms with Crippen LogP contribution in [0.4, 0.5) is 5.69 Å². The Morgan fingerprint density at radius 1 is 0.972 bits per heavy atom. The molecule has 0 radical (unpaired) electrons. The van der Waals surface area contributed by atoms with E-state index in [1.807, 2.05) is 31.2 Å². The number of anilines is 1. The summed E-state index contributed by atoms with van der Waals surface area (Å²) in [4.78, 5) is 5.52. The Labute approximate surface area is 217 Å². The van der Waals surface area contributed by atoms with Gasteiger partial charge < -0.3 is 10.1 Å². The van der Waals surface area contributed by atoms with Gasteiger partial charge in [0, 0.05) is 34.7 Å². The number of fused-ring (bicyclic) bond motifs is 2. The number of nitrogens with two attached hydrogens (primary N) is 1. The number of ether oxygens (including phenoxy) is 1. The minimum Gasteiger partial charge on any atom is -0.471 e. The van der Waals surface area contributed by atoms with Gasteiger partial charge in [-0.1, -0.05) is 42.5 Å². The van der Waals surface area contributed by atoms with E-state index in [4.69, 9.17) is 27.7 Å². The fourth-order valence-electron chi connectivity index (χ4n) is 5.17. The van der Waals surface area contributed by atoms with Gasteiger partial charge in [0.25, 0.3) is 5.17 Å². The highest BCUT2D eigenvalue weighted by Crippen LogP contribution is 2.30. The van der Waals surface area contributed by atoms with Crippen LogP contribution in [0.3, 0.4) is 0 Å². The summed E-state index contributed by atoms with van der Waals surface area (Å²) in [5.74, 6) is 5.85. The standard InChI is InChI=1S/C30H31N3O2S/c1-2-34-30(36)32-26-13-8-12-23(19-26)29(35-31)24-15-16-28-25(18-24)17-22-11-6-7-14-27(22)33(28)20-21-9-4-3-5-10-21/h3-5,8-10,12-13,15-19,29H,2,6-7,11,14,20,31H2,1H3/p+1. The predicted octanol–water partition coefficient (Wildman–Crippen LogP) is 5.77. The van der Waals surface area contributed by atoms with Crippen molar-refractivity contribution in [3.05, 3.63) is 107 Å². The van der Waals surface area contributed by atoms with Crippen LogP contribution in [0.15, 0.2) is 78.9 Å². The zero-order chi connectivity index (χ0) is 24.9. The van der Waals surface area contributed by atoms with Crippen molar-refractivity contribution >= 4 is 34.0 Å². The Morgan fingerprint density at radius 3 is 2.58 bits per heavy atom. The molecule has 0 bridgehead atoms. The molecule has 0 aliphatic heterocycles. The molecule has 6 heteroatoms. The molecule has 1 atom stereocenters. The normalized spacial score (nSPS) is 13.7. The van der Waals surface area contributed by atoms with Crippen molar-refractivity contribution in [2.45, 2.75) is 45.3 Å². The third-order valence-corrected chi connectivity index (χ3v) is 7.03. The van der Waals surface area contributed by atoms with Gasteiger partial charge in [-0.25, -0.2) is 5.90 Å². The first-order valence-electron chi connectivity index (χ1n) is 12.6. The Balaban J connectivity index is 1.53. The first kappa shape index (κ1) is 24.4. The summed E-state index contributed by atoms with van der Waals surface area (Å²) in [5.41, 5.74) is 8.24. The van der Waals surface area contributed by atoms with E-state index in [0.717, 1.165) is 36.2 Å². The van der Waals surface area contributed by atoms with Crippen molar-refractivity contribution in [1.82, 2.24) is 0 Å². The topological polar surface area (TPSA) is 60.4 Å². The first-order chi connectivity index (χ1) is 17.7. The number of hydrogen-bond donors (Lipinski definition) is 2. The van der Waals surface area contributed by atoms with Gasteiger partial charge in [0.05, 0.1) is 6.61 Å². The zero-order valence-corrected chi connectivity index (χ0v) is 21.4. The van der Waals surface area contributed by atoms with Crippen LogP contribution in [0.25, 0.3) is 10.9 Å². The Bertz CT molecular complexity index is 1370. The molecule has 3 aromatic carbocycles. The van der Waals surface area contributed by atoms with Crippen molar-refractivity contribution in [2.75, 3.05) is 11.9 Å². The van der Waals surface area contributed by atoms with Crippen molar-refractivity contribution in [3.8, 4) is 0 Å². The molecule has 184 valence electrons. The smallest absolute Gasteiger partial charge is 0.261 e. The van der Waals surface area contributed by atoms with Crippen LogP contribution >= 0.6 is 12.2 Å². The van der Waals surface area contributed by atoms with Gasteiger partial charge in [-0.05, 0) is 79.9 Å². The molecule has 36 heavy (non-hydrogen) atoms. The Hall–Kier alpha value is -3.32. The highest BCUT2D eigenvalue weighted by Gasteiger charge is 2.25. The van der Waals surface area contributed by atoms with Crippen LogP contribution in [-0.4, -0.2) is 11.8 Å². The zero-order valence-electron chi connectivity index (χ0n) is 20.6. The second kappa shape index (κ2) is 11.2. The number of thiocarbonyl (C=S) groups is 1. The second-order valence-corrected chi connectivity index (χ2v) is 9.57. The van der Waals surface area contributed by atoms with E-state index in [-0.39, 0.29) is 0 Å². The molecule has 1 heterocycles. The lowest BCUT2D eigenvalue weighted by Crippen LogP contribution is -2.42. The summed E-state index contributed by atoms with van der Waals surface area (Å²) in [6.07, 6.45) is 4.31. The van der Waals surface area contributed by atoms with E-state index < -0.39 is 6.10 Å². The van der Waals surface area contributed by atoms with Crippen LogP contribution in [0.5, 0.6) is 0 Å². The molecule has 0 spiro atoms. The number of rotatable bonds is 7. The van der Waals surface area contributed by atoms with Crippen LogP contribution < -0.4 is 15.8 Å². The van der Waals surface area contributed by atoms with Gasteiger partial charge in [0.15, 0.2) is 12.2 Å². The molecule has 0 saturated heterocycles. The van der Waals surface area contributed by atoms with Crippen molar-refractivity contribution in [1.29, 1.82) is 0 Å². The molecule has 1 unspecified atom stereocenters. The lowest BCUT2D eigenvalue weighted by molar-refractivity contribution is -0.670. The molecular formula is C30H32N3O2S+. The highest BCUT2D eigenvalue weighted by atomic mass is 32.1. The third kappa shape index (κ3) is 5.26. The van der Waals surface area contributed by atoms with E-state index in [2.05, 4.69) is 64.5 Å². The highest BCUT2D eigenvalue weighted by molar-refractivity contribution is 7.80. The second-order valence-electron chi connectivity index (χ2n) is 9.20. The predicted molar refractivity (Wildman–Crippen MR) is 148 cm³/mol. The number of pyridine rings is 1. The molecule has 4 aromatic rings. The fourth-order valence-corrected chi connectivity index (χ4v) is 5.40. The number of hydrogen-bond acceptors (Lipinski definition) is 4. The molecule has 0 fully saturated rings. The number of benzene rings is 3. The third-order valence-electron chi connectivity index (χ3n) is 6.81. The number of nitrogens with one attached hydrogen (secondary N) is 1. The summed E-state index contributed by atoms with van der Waals surface area (Å²) in [6.45, 7) is 3.29. The minimum atomic E-state index is -0.407. The molecule has 1 aliphatic rings. The van der Waals surface area contributed by atoms with Crippen molar-refractivity contribution < 1.29 is 14.1 Å². The molecule has 3 N–H and O–H groups in total. The molecular weight excluding hydrogens is 466 g/mol. The average Bonchev–Trinajstić information content (AvgIpc) is 2.90. The van der Waals surface area contributed by atoms with Gasteiger partial charge >= 0.3 is 0 Å². The summed E-state index contributed by atoms with van der Waals surface area (Å²) < 4.78 is 7.87. The lowest BCUT2D eigenvalue weighted by Gasteiger charge is -2.19. The van der Waals surface area contributed by atoms with Crippen LogP contribution in [0.1, 0.15) is 53.8 Å². The molecule has 1 aliphatic carbocycles. The van der Waals surface area contributed by atoms with E-state index in [9.17, 15) is 0 Å². The quantitative estimate of drug-likeness (QED) is 0.193. The Kier molecular flexibility index (Phi) is 7.56. The van der Waals surface area contributed by atoms with Gasteiger partial charge in [-0.3, -0.25) is 4.84 Å². The van der Waals surface area contributed by atoms with Crippen molar-refractivity contribution in [3.63, 3.8) is 0 Å². The van der Waals surface area contributed by atoms with E-state index in [0.29, 0.717) is 11.8 Å². The summed E-state index contributed by atoms with van der Waals surface area (Å²) in [6, 6.07) is 27.5. The van der Waals surface area contributed by atoms with Crippen molar-refractivity contribution in [2.24, 2.45) is 5.90 Å². The van der Waals surface area contributed by atoms with Gasteiger partial charge in [-0.15, -0.1) is 0 Å². The average molecular weight is 499 g/mol. The van der Waals surface area contributed by atoms with Gasteiger partial charge in [-0.2, -0.15) is 4.57 Å². The van der Waals surface area contributed by atoms with E-state index >= 15 is 0 Å². The molecule has 0 saturated carbocycles. The van der Waals surface area contributed by atoms with Gasteiger partial charge in [0.1, 0.15) is 6.10 Å². The maximum absolute atomic E-state index is 5.85. The maximum Gasteiger partial charge on any atom is 0.261 e. The summed E-state index contributed by atoms with van der Waals surface area (Å²) >= 11 is 5.24.